The van der Waals surface area contributed by atoms with E-state index in [1.54, 1.807) is 17.0 Å². The van der Waals surface area contributed by atoms with Crippen molar-refractivity contribution in [2.75, 3.05) is 11.4 Å². The Morgan fingerprint density at radius 3 is 2.73 bits per heavy atom. The van der Waals surface area contributed by atoms with Crippen LogP contribution < -0.4 is 10.2 Å². The molecule has 4 nitrogen and oxygen atoms in total. The van der Waals surface area contributed by atoms with Crippen LogP contribution in [-0.4, -0.2) is 24.4 Å². The Morgan fingerprint density at radius 1 is 1.23 bits per heavy atom. The fourth-order valence-electron chi connectivity index (χ4n) is 4.19. The molecule has 1 N–H and O–H groups in total. The molecular formula is C17H19ClN2O2. The number of amides is 2. The molecule has 1 saturated heterocycles. The molecule has 5 heteroatoms. The Balaban J connectivity index is 1.40. The van der Waals surface area contributed by atoms with Crippen LogP contribution in [0.3, 0.4) is 0 Å². The van der Waals surface area contributed by atoms with Gasteiger partial charge < -0.3 is 10.2 Å². The smallest absolute Gasteiger partial charge is 0.249 e. The fourth-order valence-corrected chi connectivity index (χ4v) is 4.38. The van der Waals surface area contributed by atoms with E-state index < -0.39 is 0 Å². The van der Waals surface area contributed by atoms with E-state index in [9.17, 15) is 9.59 Å². The lowest BCUT2D eigenvalue weighted by Gasteiger charge is -2.17. The molecule has 4 rings (SSSR count). The van der Waals surface area contributed by atoms with Gasteiger partial charge in [0, 0.05) is 23.2 Å². The maximum atomic E-state index is 12.5. The lowest BCUT2D eigenvalue weighted by atomic mass is 10.1. The van der Waals surface area contributed by atoms with E-state index in [-0.39, 0.29) is 23.8 Å². The number of carbonyl (C=O) groups excluding carboxylic acids is 2. The van der Waals surface area contributed by atoms with Crippen molar-refractivity contribution in [2.24, 2.45) is 17.8 Å². The number of fused-ring (bicyclic) bond motifs is 1. The first-order valence-corrected chi connectivity index (χ1v) is 8.40. The van der Waals surface area contributed by atoms with E-state index in [0.717, 1.165) is 5.69 Å². The number of halogens is 1. The highest BCUT2D eigenvalue weighted by Gasteiger charge is 2.57. The van der Waals surface area contributed by atoms with Crippen LogP contribution in [0.1, 0.15) is 25.7 Å². The molecule has 3 fully saturated rings. The van der Waals surface area contributed by atoms with Crippen molar-refractivity contribution in [1.29, 1.82) is 0 Å². The first kappa shape index (κ1) is 14.1. The zero-order valence-electron chi connectivity index (χ0n) is 12.3. The van der Waals surface area contributed by atoms with Gasteiger partial charge in [-0.3, -0.25) is 9.59 Å². The average molecular weight is 319 g/mol. The number of hydrogen-bond acceptors (Lipinski definition) is 2. The Bertz CT molecular complexity index is 623. The second-order valence-corrected chi connectivity index (χ2v) is 7.04. The van der Waals surface area contributed by atoms with Crippen LogP contribution in [0.2, 0.25) is 5.02 Å². The monoisotopic (exact) mass is 318 g/mol. The van der Waals surface area contributed by atoms with Gasteiger partial charge in [-0.2, -0.15) is 0 Å². The lowest BCUT2D eigenvalue weighted by Crippen LogP contribution is -2.42. The summed E-state index contributed by atoms with van der Waals surface area (Å²) >= 11 is 5.99. The molecule has 1 aliphatic heterocycles. The van der Waals surface area contributed by atoms with Gasteiger partial charge in [0.1, 0.15) is 6.04 Å². The zero-order chi connectivity index (χ0) is 15.3. The first-order valence-electron chi connectivity index (χ1n) is 8.02. The van der Waals surface area contributed by atoms with Crippen LogP contribution >= 0.6 is 11.6 Å². The summed E-state index contributed by atoms with van der Waals surface area (Å²) in [4.78, 5) is 26.5. The summed E-state index contributed by atoms with van der Waals surface area (Å²) in [6.07, 6.45) is 4.27. The molecule has 0 radical (unpaired) electrons. The molecule has 2 saturated carbocycles. The Labute approximate surface area is 134 Å². The van der Waals surface area contributed by atoms with Crippen molar-refractivity contribution in [3.8, 4) is 0 Å². The van der Waals surface area contributed by atoms with Crippen molar-refractivity contribution >= 4 is 29.1 Å². The van der Waals surface area contributed by atoms with Gasteiger partial charge in [0.25, 0.3) is 0 Å². The van der Waals surface area contributed by atoms with Crippen molar-refractivity contribution in [2.45, 2.75) is 31.7 Å². The topological polar surface area (TPSA) is 49.4 Å². The Kier molecular flexibility index (Phi) is 3.37. The predicted molar refractivity (Wildman–Crippen MR) is 84.7 cm³/mol. The molecule has 0 aromatic heterocycles. The van der Waals surface area contributed by atoms with Gasteiger partial charge in [0.2, 0.25) is 11.8 Å². The van der Waals surface area contributed by atoms with Crippen LogP contribution in [-0.2, 0) is 9.59 Å². The molecule has 1 aromatic rings. The molecule has 1 aromatic carbocycles. The van der Waals surface area contributed by atoms with Gasteiger partial charge in [-0.15, -0.1) is 0 Å². The van der Waals surface area contributed by atoms with Crippen LogP contribution in [0.25, 0.3) is 0 Å². The summed E-state index contributed by atoms with van der Waals surface area (Å²) in [5.41, 5.74) is 0.803. The third-order valence-electron chi connectivity index (χ3n) is 5.35. The van der Waals surface area contributed by atoms with Crippen molar-refractivity contribution < 1.29 is 9.59 Å². The SMILES string of the molecule is O=C(N[C@@H]1CCN(c2cccc(Cl)c2)C1=O)C1[C@H]2CCC[C@H]12. The minimum absolute atomic E-state index is 0.0265. The van der Waals surface area contributed by atoms with Gasteiger partial charge in [-0.05, 0) is 49.3 Å². The second kappa shape index (κ2) is 5.27. The standard InChI is InChI=1S/C17H19ClN2O2/c18-10-3-1-4-11(9-10)20-8-7-14(17(20)22)19-16(21)15-12-5-2-6-13(12)15/h1,3-4,9,12-15H,2,5-8H2,(H,19,21)/t12-,13-,14+/m0/s1. The maximum absolute atomic E-state index is 12.5. The molecule has 0 bridgehead atoms. The molecule has 22 heavy (non-hydrogen) atoms. The number of nitrogens with zero attached hydrogens (tertiary/aromatic N) is 1. The Hall–Kier alpha value is -1.55. The molecule has 0 spiro atoms. The average Bonchev–Trinajstić information content (AvgIpc) is 2.81. The largest absolute Gasteiger partial charge is 0.344 e. The van der Waals surface area contributed by atoms with E-state index >= 15 is 0 Å². The van der Waals surface area contributed by atoms with Crippen LogP contribution in [0.15, 0.2) is 24.3 Å². The molecule has 3 atom stereocenters. The summed E-state index contributed by atoms with van der Waals surface area (Å²) in [7, 11) is 0. The van der Waals surface area contributed by atoms with E-state index in [4.69, 9.17) is 11.6 Å². The molecular weight excluding hydrogens is 300 g/mol. The summed E-state index contributed by atoms with van der Waals surface area (Å²) in [6, 6.07) is 6.90. The van der Waals surface area contributed by atoms with Crippen LogP contribution in [0.5, 0.6) is 0 Å². The van der Waals surface area contributed by atoms with Crippen molar-refractivity contribution in [3.63, 3.8) is 0 Å². The molecule has 0 unspecified atom stereocenters. The third kappa shape index (κ3) is 2.30. The highest BCUT2D eigenvalue weighted by molar-refractivity contribution is 6.31. The number of benzene rings is 1. The van der Waals surface area contributed by atoms with E-state index in [1.165, 1.54) is 19.3 Å². The minimum atomic E-state index is -0.382. The lowest BCUT2D eigenvalue weighted by molar-refractivity contribution is -0.127. The molecule has 2 amide bonds. The summed E-state index contributed by atoms with van der Waals surface area (Å²) < 4.78 is 0. The highest BCUT2D eigenvalue weighted by Crippen LogP contribution is 2.57. The van der Waals surface area contributed by atoms with E-state index in [0.29, 0.717) is 29.8 Å². The van der Waals surface area contributed by atoms with Crippen molar-refractivity contribution in [1.82, 2.24) is 5.32 Å². The fraction of sp³-hybridized carbons (Fsp3) is 0.529. The van der Waals surface area contributed by atoms with Crippen LogP contribution in [0.4, 0.5) is 5.69 Å². The van der Waals surface area contributed by atoms with Crippen molar-refractivity contribution in [3.05, 3.63) is 29.3 Å². The molecule has 2 aliphatic carbocycles. The molecule has 3 aliphatic rings. The number of hydrogen-bond donors (Lipinski definition) is 1. The summed E-state index contributed by atoms with van der Waals surface area (Å²) in [6.45, 7) is 0.627. The van der Waals surface area contributed by atoms with Gasteiger partial charge in [-0.1, -0.05) is 24.1 Å². The van der Waals surface area contributed by atoms with Gasteiger partial charge in [0.05, 0.1) is 0 Å². The normalized spacial score (nSPS) is 33.0. The predicted octanol–water partition coefficient (Wildman–Crippen LogP) is 2.61. The number of nitrogens with one attached hydrogen (secondary N) is 1. The zero-order valence-corrected chi connectivity index (χ0v) is 13.1. The summed E-state index contributed by atoms with van der Waals surface area (Å²) in [5.74, 6) is 1.39. The summed E-state index contributed by atoms with van der Waals surface area (Å²) in [5, 5.41) is 3.58. The van der Waals surface area contributed by atoms with E-state index in [1.807, 2.05) is 12.1 Å². The quantitative estimate of drug-likeness (QED) is 0.931. The van der Waals surface area contributed by atoms with Crippen LogP contribution in [0, 0.1) is 17.8 Å². The Morgan fingerprint density at radius 2 is 2.00 bits per heavy atom. The van der Waals surface area contributed by atoms with Gasteiger partial charge in [-0.25, -0.2) is 0 Å². The van der Waals surface area contributed by atoms with Gasteiger partial charge in [0.15, 0.2) is 0 Å². The molecule has 116 valence electrons. The number of rotatable bonds is 3. The first-order chi connectivity index (χ1) is 10.6. The molecule has 1 heterocycles. The minimum Gasteiger partial charge on any atom is -0.344 e. The second-order valence-electron chi connectivity index (χ2n) is 6.60. The third-order valence-corrected chi connectivity index (χ3v) is 5.59. The highest BCUT2D eigenvalue weighted by atomic mass is 35.5. The van der Waals surface area contributed by atoms with E-state index in [2.05, 4.69) is 5.32 Å². The van der Waals surface area contributed by atoms with Gasteiger partial charge >= 0.3 is 0 Å². The number of carbonyl (C=O) groups is 2. The maximum Gasteiger partial charge on any atom is 0.249 e. The number of anilines is 1.